The summed E-state index contributed by atoms with van der Waals surface area (Å²) in [6.45, 7) is 8.29. The van der Waals surface area contributed by atoms with E-state index < -0.39 is 0 Å². The normalized spacial score (nSPS) is 16.9. The van der Waals surface area contributed by atoms with E-state index in [2.05, 4.69) is 41.4 Å². The first-order chi connectivity index (χ1) is 8.83. The highest BCUT2D eigenvalue weighted by atomic mass is 16.5. The Morgan fingerprint density at radius 3 is 2.39 bits per heavy atom. The van der Waals surface area contributed by atoms with Crippen LogP contribution in [0.15, 0.2) is 24.3 Å². The van der Waals surface area contributed by atoms with E-state index in [4.69, 9.17) is 4.74 Å². The van der Waals surface area contributed by atoms with E-state index in [1.54, 1.807) is 0 Å². The number of ether oxygens (including phenoxy) is 1. The summed E-state index contributed by atoms with van der Waals surface area (Å²) >= 11 is 0. The van der Waals surface area contributed by atoms with E-state index in [9.17, 15) is 0 Å². The molecule has 1 aromatic carbocycles. The maximum Gasteiger partial charge on any atom is 0.119 e. The summed E-state index contributed by atoms with van der Waals surface area (Å²) in [5, 5.41) is 3.54. The van der Waals surface area contributed by atoms with Gasteiger partial charge in [0.25, 0.3) is 0 Å². The van der Waals surface area contributed by atoms with Crippen LogP contribution in [-0.4, -0.2) is 32.3 Å². The molecule has 0 aliphatic carbocycles. The molecule has 0 unspecified atom stereocenters. The number of benzene rings is 1. The third-order valence-electron chi connectivity index (χ3n) is 3.50. The molecule has 1 aliphatic heterocycles. The molecule has 0 bridgehead atoms. The van der Waals surface area contributed by atoms with Crippen LogP contribution in [0.25, 0.3) is 0 Å². The van der Waals surface area contributed by atoms with E-state index in [0.717, 1.165) is 32.0 Å². The smallest absolute Gasteiger partial charge is 0.119 e. The van der Waals surface area contributed by atoms with Crippen molar-refractivity contribution in [3.8, 4) is 5.75 Å². The Kier molecular flexibility index (Phi) is 4.88. The van der Waals surface area contributed by atoms with E-state index in [-0.39, 0.29) is 0 Å². The minimum atomic E-state index is 0.703. The standard InChI is InChI=1S/C15H24N2O/c1-3-16-13-9-11-17(12-10-13)14-5-7-15(8-6-14)18-4-2/h5-8,13,16H,3-4,9-12H2,1-2H3. The number of nitrogens with zero attached hydrogens (tertiary/aromatic N) is 1. The van der Waals surface area contributed by atoms with Gasteiger partial charge in [0.05, 0.1) is 6.61 Å². The maximum atomic E-state index is 5.47. The Bertz CT molecular complexity index is 342. The molecule has 2 rings (SSSR count). The van der Waals surface area contributed by atoms with Gasteiger partial charge < -0.3 is 15.0 Å². The average molecular weight is 248 g/mol. The zero-order chi connectivity index (χ0) is 12.8. The number of nitrogens with one attached hydrogen (secondary N) is 1. The van der Waals surface area contributed by atoms with Gasteiger partial charge in [-0.3, -0.25) is 0 Å². The van der Waals surface area contributed by atoms with Crippen LogP contribution in [0.1, 0.15) is 26.7 Å². The molecule has 0 saturated carbocycles. The summed E-state index contributed by atoms with van der Waals surface area (Å²) < 4.78 is 5.47. The van der Waals surface area contributed by atoms with Crippen LogP contribution in [0.2, 0.25) is 0 Å². The molecule has 1 heterocycles. The van der Waals surface area contributed by atoms with Crippen molar-refractivity contribution in [3.05, 3.63) is 24.3 Å². The maximum absolute atomic E-state index is 5.47. The predicted molar refractivity (Wildman–Crippen MR) is 76.5 cm³/mol. The number of hydrogen-bond donors (Lipinski definition) is 1. The van der Waals surface area contributed by atoms with E-state index in [1.807, 2.05) is 6.92 Å². The van der Waals surface area contributed by atoms with Crippen molar-refractivity contribution in [1.82, 2.24) is 5.32 Å². The summed E-state index contributed by atoms with van der Waals surface area (Å²) in [4.78, 5) is 2.46. The van der Waals surface area contributed by atoms with Gasteiger partial charge in [0, 0.05) is 24.8 Å². The molecule has 0 atom stereocenters. The first-order valence-electron chi connectivity index (χ1n) is 7.04. The Morgan fingerprint density at radius 1 is 1.17 bits per heavy atom. The lowest BCUT2D eigenvalue weighted by atomic mass is 10.0. The Labute approximate surface area is 110 Å². The molecule has 3 nitrogen and oxygen atoms in total. The molecule has 18 heavy (non-hydrogen) atoms. The van der Waals surface area contributed by atoms with Gasteiger partial charge in [-0.25, -0.2) is 0 Å². The first-order valence-corrected chi connectivity index (χ1v) is 7.04. The SMILES string of the molecule is CCNC1CCN(c2ccc(OCC)cc2)CC1. The molecule has 0 amide bonds. The number of anilines is 1. The summed E-state index contributed by atoms with van der Waals surface area (Å²) in [5.74, 6) is 0.962. The number of rotatable bonds is 5. The van der Waals surface area contributed by atoms with Crippen molar-refractivity contribution in [3.63, 3.8) is 0 Å². The van der Waals surface area contributed by atoms with E-state index in [0.29, 0.717) is 6.04 Å². The summed E-state index contributed by atoms with van der Waals surface area (Å²) in [6.07, 6.45) is 2.47. The lowest BCUT2D eigenvalue weighted by molar-refractivity contribution is 0.340. The molecule has 1 fully saturated rings. The van der Waals surface area contributed by atoms with Crippen molar-refractivity contribution >= 4 is 5.69 Å². The third kappa shape index (κ3) is 3.39. The highest BCUT2D eigenvalue weighted by molar-refractivity contribution is 5.49. The largest absolute Gasteiger partial charge is 0.494 e. The Hall–Kier alpha value is -1.22. The monoisotopic (exact) mass is 248 g/mol. The molecule has 3 heteroatoms. The fraction of sp³-hybridized carbons (Fsp3) is 0.600. The lowest BCUT2D eigenvalue weighted by Crippen LogP contribution is -2.42. The summed E-state index contributed by atoms with van der Waals surface area (Å²) in [6, 6.07) is 9.16. The van der Waals surface area contributed by atoms with Crippen molar-refractivity contribution in [2.75, 3.05) is 31.1 Å². The van der Waals surface area contributed by atoms with E-state index in [1.165, 1.54) is 18.5 Å². The Morgan fingerprint density at radius 2 is 1.83 bits per heavy atom. The van der Waals surface area contributed by atoms with Gasteiger partial charge in [0.1, 0.15) is 5.75 Å². The molecular formula is C15H24N2O. The molecule has 1 aliphatic rings. The predicted octanol–water partition coefficient (Wildman–Crippen LogP) is 2.66. The molecule has 1 N–H and O–H groups in total. The van der Waals surface area contributed by atoms with Gasteiger partial charge in [-0.15, -0.1) is 0 Å². The number of hydrogen-bond acceptors (Lipinski definition) is 3. The van der Waals surface area contributed by atoms with E-state index >= 15 is 0 Å². The van der Waals surface area contributed by atoms with Gasteiger partial charge in [-0.2, -0.15) is 0 Å². The molecule has 0 radical (unpaired) electrons. The highest BCUT2D eigenvalue weighted by Gasteiger charge is 2.18. The molecule has 1 aromatic rings. The van der Waals surface area contributed by atoms with Gasteiger partial charge in [0.2, 0.25) is 0 Å². The second-order valence-electron chi connectivity index (χ2n) is 4.75. The molecular weight excluding hydrogens is 224 g/mol. The van der Waals surface area contributed by atoms with Crippen molar-refractivity contribution in [1.29, 1.82) is 0 Å². The zero-order valence-electron chi connectivity index (χ0n) is 11.5. The highest BCUT2D eigenvalue weighted by Crippen LogP contribution is 2.22. The fourth-order valence-corrected chi connectivity index (χ4v) is 2.55. The van der Waals surface area contributed by atoms with Gasteiger partial charge >= 0.3 is 0 Å². The van der Waals surface area contributed by atoms with Crippen LogP contribution >= 0.6 is 0 Å². The first kappa shape index (κ1) is 13.2. The summed E-state index contributed by atoms with van der Waals surface area (Å²) in [5.41, 5.74) is 1.31. The minimum Gasteiger partial charge on any atom is -0.494 e. The topological polar surface area (TPSA) is 24.5 Å². The average Bonchev–Trinajstić information content (AvgIpc) is 2.41. The van der Waals surface area contributed by atoms with Gasteiger partial charge in [-0.1, -0.05) is 6.92 Å². The van der Waals surface area contributed by atoms with Crippen LogP contribution in [0.3, 0.4) is 0 Å². The van der Waals surface area contributed by atoms with Crippen LogP contribution in [0, 0.1) is 0 Å². The Balaban J connectivity index is 1.89. The molecule has 100 valence electrons. The second-order valence-corrected chi connectivity index (χ2v) is 4.75. The van der Waals surface area contributed by atoms with Gasteiger partial charge in [0.15, 0.2) is 0 Å². The van der Waals surface area contributed by atoms with Crippen LogP contribution in [0.5, 0.6) is 5.75 Å². The molecule has 0 aromatic heterocycles. The second kappa shape index (κ2) is 6.64. The summed E-state index contributed by atoms with van der Waals surface area (Å²) in [7, 11) is 0. The quantitative estimate of drug-likeness (QED) is 0.867. The fourth-order valence-electron chi connectivity index (χ4n) is 2.55. The van der Waals surface area contributed by atoms with Crippen LogP contribution < -0.4 is 15.0 Å². The number of piperidine rings is 1. The molecule has 0 spiro atoms. The van der Waals surface area contributed by atoms with Crippen molar-refractivity contribution < 1.29 is 4.74 Å². The zero-order valence-corrected chi connectivity index (χ0v) is 11.5. The van der Waals surface area contributed by atoms with Crippen LogP contribution in [0.4, 0.5) is 5.69 Å². The lowest BCUT2D eigenvalue weighted by Gasteiger charge is -2.34. The molecule has 1 saturated heterocycles. The minimum absolute atomic E-state index is 0.703. The van der Waals surface area contributed by atoms with Crippen LogP contribution in [-0.2, 0) is 0 Å². The van der Waals surface area contributed by atoms with Crippen molar-refractivity contribution in [2.45, 2.75) is 32.7 Å². The van der Waals surface area contributed by atoms with Gasteiger partial charge in [-0.05, 0) is 50.6 Å². The van der Waals surface area contributed by atoms with Crippen molar-refractivity contribution in [2.24, 2.45) is 0 Å². The third-order valence-corrected chi connectivity index (χ3v) is 3.50.